The molecule has 20 heavy (non-hydrogen) atoms. The number of aromatic nitrogens is 2. The third-order valence-electron chi connectivity index (χ3n) is 3.10. The number of hydrogen-bond donors (Lipinski definition) is 1. The van der Waals surface area contributed by atoms with E-state index in [9.17, 15) is 0 Å². The van der Waals surface area contributed by atoms with Gasteiger partial charge >= 0.3 is 0 Å². The van der Waals surface area contributed by atoms with E-state index in [0.717, 1.165) is 35.8 Å². The Kier molecular flexibility index (Phi) is 5.07. The van der Waals surface area contributed by atoms with Crippen molar-refractivity contribution in [1.29, 1.82) is 0 Å². The summed E-state index contributed by atoms with van der Waals surface area (Å²) < 4.78 is 5.43. The fourth-order valence-electron chi connectivity index (χ4n) is 2.15. The van der Waals surface area contributed by atoms with E-state index >= 15 is 0 Å². The maximum atomic E-state index is 5.43. The predicted octanol–water partition coefficient (Wildman–Crippen LogP) is 2.88. The van der Waals surface area contributed by atoms with Crippen molar-refractivity contribution in [2.24, 2.45) is 0 Å². The molecule has 0 radical (unpaired) electrons. The van der Waals surface area contributed by atoms with E-state index in [1.807, 2.05) is 37.3 Å². The Bertz CT molecular complexity index is 557. The number of methoxy groups -OCH3 is 1. The van der Waals surface area contributed by atoms with Gasteiger partial charge in [-0.05, 0) is 44.2 Å². The molecular formula is C16H21N3O. The van der Waals surface area contributed by atoms with Crippen LogP contribution in [0.4, 0.5) is 0 Å². The monoisotopic (exact) mass is 271 g/mol. The van der Waals surface area contributed by atoms with Crippen LogP contribution in [0.5, 0.6) is 5.75 Å². The van der Waals surface area contributed by atoms with Crippen LogP contribution < -0.4 is 10.1 Å². The molecule has 0 aliphatic heterocycles. The maximum absolute atomic E-state index is 5.43. The predicted molar refractivity (Wildman–Crippen MR) is 79.9 cm³/mol. The van der Waals surface area contributed by atoms with E-state index in [-0.39, 0.29) is 6.04 Å². The molecule has 2 rings (SSSR count). The van der Waals surface area contributed by atoms with Crippen molar-refractivity contribution in [3.8, 4) is 5.75 Å². The summed E-state index contributed by atoms with van der Waals surface area (Å²) in [6.07, 6.45) is 2.84. The van der Waals surface area contributed by atoms with Gasteiger partial charge in [-0.15, -0.1) is 0 Å². The summed E-state index contributed by atoms with van der Waals surface area (Å²) in [6, 6.07) is 9.80. The first-order chi connectivity index (χ1) is 9.76. The van der Waals surface area contributed by atoms with Crippen LogP contribution in [0.2, 0.25) is 0 Å². The lowest BCUT2D eigenvalue weighted by atomic mass is 10.1. The Morgan fingerprint density at radius 2 is 2.10 bits per heavy atom. The van der Waals surface area contributed by atoms with Gasteiger partial charge in [0.25, 0.3) is 0 Å². The lowest BCUT2D eigenvalue weighted by Crippen LogP contribution is -2.25. The van der Waals surface area contributed by atoms with Gasteiger partial charge in [0.1, 0.15) is 11.4 Å². The molecule has 0 spiro atoms. The van der Waals surface area contributed by atoms with Gasteiger partial charge in [0.05, 0.1) is 18.8 Å². The van der Waals surface area contributed by atoms with Crippen molar-refractivity contribution in [2.75, 3.05) is 13.7 Å². The first-order valence-corrected chi connectivity index (χ1v) is 6.92. The highest BCUT2D eigenvalue weighted by atomic mass is 16.5. The normalized spacial score (nSPS) is 12.2. The smallest absolute Gasteiger partial charge is 0.142 e. The van der Waals surface area contributed by atoms with E-state index in [2.05, 4.69) is 22.2 Å². The van der Waals surface area contributed by atoms with E-state index in [0.29, 0.717) is 0 Å². The van der Waals surface area contributed by atoms with Crippen LogP contribution in [0.25, 0.3) is 0 Å². The van der Waals surface area contributed by atoms with Crippen molar-refractivity contribution in [1.82, 2.24) is 15.3 Å². The Labute approximate surface area is 120 Å². The van der Waals surface area contributed by atoms with Crippen molar-refractivity contribution in [2.45, 2.75) is 26.3 Å². The number of ether oxygens (including phenoxy) is 1. The van der Waals surface area contributed by atoms with Gasteiger partial charge in [0, 0.05) is 11.9 Å². The fraction of sp³-hybridized carbons (Fsp3) is 0.375. The highest BCUT2D eigenvalue weighted by Gasteiger charge is 2.20. The van der Waals surface area contributed by atoms with Gasteiger partial charge in [-0.25, -0.2) is 0 Å². The van der Waals surface area contributed by atoms with Crippen LogP contribution in [-0.2, 0) is 0 Å². The zero-order chi connectivity index (χ0) is 14.4. The molecule has 0 bridgehead atoms. The average Bonchev–Trinajstić information content (AvgIpc) is 2.48. The van der Waals surface area contributed by atoms with Crippen molar-refractivity contribution < 1.29 is 4.74 Å². The first kappa shape index (κ1) is 14.5. The lowest BCUT2D eigenvalue weighted by molar-refractivity contribution is 0.399. The van der Waals surface area contributed by atoms with Gasteiger partial charge in [0.2, 0.25) is 0 Å². The summed E-state index contributed by atoms with van der Waals surface area (Å²) in [4.78, 5) is 9.10. The Balaban J connectivity index is 2.41. The molecule has 0 saturated heterocycles. The maximum Gasteiger partial charge on any atom is 0.142 e. The first-order valence-electron chi connectivity index (χ1n) is 6.92. The highest BCUT2D eigenvalue weighted by molar-refractivity contribution is 5.34. The summed E-state index contributed by atoms with van der Waals surface area (Å²) in [5.74, 6) is 0.782. The Hall–Kier alpha value is -1.94. The summed E-state index contributed by atoms with van der Waals surface area (Å²) in [6.45, 7) is 5.04. The third-order valence-corrected chi connectivity index (χ3v) is 3.10. The van der Waals surface area contributed by atoms with E-state index < -0.39 is 0 Å². The number of aryl methyl sites for hydroxylation is 1. The molecule has 0 saturated carbocycles. The minimum absolute atomic E-state index is 0.0500. The topological polar surface area (TPSA) is 47.0 Å². The van der Waals surface area contributed by atoms with Gasteiger partial charge in [-0.1, -0.05) is 13.0 Å². The van der Waals surface area contributed by atoms with E-state index in [1.54, 1.807) is 13.3 Å². The van der Waals surface area contributed by atoms with E-state index in [1.165, 1.54) is 0 Å². The van der Waals surface area contributed by atoms with Crippen LogP contribution in [0.15, 0.2) is 36.5 Å². The van der Waals surface area contributed by atoms with Crippen LogP contribution in [0.3, 0.4) is 0 Å². The molecule has 0 aromatic carbocycles. The molecule has 106 valence electrons. The molecule has 2 aromatic heterocycles. The van der Waals surface area contributed by atoms with Gasteiger partial charge in [0.15, 0.2) is 0 Å². The summed E-state index contributed by atoms with van der Waals surface area (Å²) >= 11 is 0. The molecule has 1 atom stereocenters. The van der Waals surface area contributed by atoms with Gasteiger partial charge in [-0.3, -0.25) is 9.97 Å². The molecule has 1 unspecified atom stereocenters. The number of pyridine rings is 2. The number of nitrogens with one attached hydrogen (secondary N) is 1. The number of hydrogen-bond acceptors (Lipinski definition) is 4. The number of rotatable bonds is 6. The van der Waals surface area contributed by atoms with Gasteiger partial charge in [-0.2, -0.15) is 0 Å². The summed E-state index contributed by atoms with van der Waals surface area (Å²) in [7, 11) is 1.67. The van der Waals surface area contributed by atoms with Crippen molar-refractivity contribution >= 4 is 0 Å². The molecule has 1 N–H and O–H groups in total. The molecule has 2 heterocycles. The standard InChI is InChI=1S/C16H21N3O/c1-4-10-17-15(13-8-5-7-12(2)19-13)16-14(20-3)9-6-11-18-16/h5-9,11,15,17H,4,10H2,1-3H3. The van der Waals surface area contributed by atoms with Crippen LogP contribution in [-0.4, -0.2) is 23.6 Å². The van der Waals surface area contributed by atoms with Crippen LogP contribution in [0.1, 0.15) is 36.5 Å². The Morgan fingerprint density at radius 1 is 1.25 bits per heavy atom. The lowest BCUT2D eigenvalue weighted by Gasteiger charge is -2.20. The second-order valence-electron chi connectivity index (χ2n) is 4.68. The minimum atomic E-state index is -0.0500. The molecule has 4 heteroatoms. The molecule has 0 aliphatic carbocycles. The molecule has 0 aliphatic rings. The van der Waals surface area contributed by atoms with E-state index in [4.69, 9.17) is 4.74 Å². The van der Waals surface area contributed by atoms with Crippen LogP contribution in [0, 0.1) is 6.92 Å². The second kappa shape index (κ2) is 7.01. The van der Waals surface area contributed by atoms with Crippen molar-refractivity contribution in [3.63, 3.8) is 0 Å². The summed E-state index contributed by atoms with van der Waals surface area (Å²) in [5, 5.41) is 3.50. The molecule has 0 amide bonds. The van der Waals surface area contributed by atoms with Gasteiger partial charge < -0.3 is 10.1 Å². The zero-order valence-corrected chi connectivity index (χ0v) is 12.3. The Morgan fingerprint density at radius 3 is 2.80 bits per heavy atom. The quantitative estimate of drug-likeness (QED) is 0.877. The molecule has 0 fully saturated rings. The SMILES string of the molecule is CCCNC(c1cccc(C)n1)c1ncccc1OC. The fourth-order valence-corrected chi connectivity index (χ4v) is 2.15. The largest absolute Gasteiger partial charge is 0.495 e. The third kappa shape index (κ3) is 3.33. The highest BCUT2D eigenvalue weighted by Crippen LogP contribution is 2.26. The van der Waals surface area contributed by atoms with Crippen molar-refractivity contribution in [3.05, 3.63) is 53.6 Å². The second-order valence-corrected chi connectivity index (χ2v) is 4.68. The summed E-state index contributed by atoms with van der Waals surface area (Å²) in [5.41, 5.74) is 2.85. The number of nitrogens with zero attached hydrogens (tertiary/aromatic N) is 2. The zero-order valence-electron chi connectivity index (χ0n) is 12.3. The van der Waals surface area contributed by atoms with Crippen LogP contribution >= 0.6 is 0 Å². The molecule has 2 aromatic rings. The minimum Gasteiger partial charge on any atom is -0.495 e. The molecular weight excluding hydrogens is 250 g/mol. The average molecular weight is 271 g/mol. The molecule has 4 nitrogen and oxygen atoms in total.